The van der Waals surface area contributed by atoms with E-state index in [2.05, 4.69) is 4.98 Å². The van der Waals surface area contributed by atoms with E-state index in [1.165, 1.54) is 23.5 Å². The van der Waals surface area contributed by atoms with Gasteiger partial charge in [0.05, 0.1) is 16.3 Å². The summed E-state index contributed by atoms with van der Waals surface area (Å²) in [5, 5.41) is 0. The van der Waals surface area contributed by atoms with Crippen molar-refractivity contribution in [3.63, 3.8) is 0 Å². The summed E-state index contributed by atoms with van der Waals surface area (Å²) in [6.45, 7) is 6.72. The van der Waals surface area contributed by atoms with Crippen molar-refractivity contribution in [2.45, 2.75) is 51.7 Å². The quantitative estimate of drug-likeness (QED) is 0.249. The average Bonchev–Trinajstić information content (AvgIpc) is 3.34. The molecule has 1 saturated heterocycles. The van der Waals surface area contributed by atoms with Gasteiger partial charge < -0.3 is 24.8 Å². The number of fused-ring (bicyclic) bond motifs is 1. The molecular weight excluding hydrogens is 517 g/mol. The molecule has 1 amide bonds. The maximum Gasteiger partial charge on any atom is 0.410 e. The van der Waals surface area contributed by atoms with Crippen LogP contribution >= 0.6 is 11.3 Å². The zero-order valence-corrected chi connectivity index (χ0v) is 23.1. The van der Waals surface area contributed by atoms with E-state index < -0.39 is 11.4 Å². The van der Waals surface area contributed by atoms with Crippen LogP contribution in [-0.2, 0) is 4.74 Å². The fraction of sp³-hybridized carbons (Fsp3) is 0.333. The van der Waals surface area contributed by atoms with Gasteiger partial charge in [-0.25, -0.2) is 9.18 Å². The van der Waals surface area contributed by atoms with Gasteiger partial charge in [-0.2, -0.15) is 0 Å². The van der Waals surface area contributed by atoms with Crippen LogP contribution in [0.15, 0.2) is 60.8 Å². The van der Waals surface area contributed by atoms with Gasteiger partial charge in [-0.1, -0.05) is 0 Å². The van der Waals surface area contributed by atoms with Crippen LogP contribution in [-0.4, -0.2) is 40.8 Å². The van der Waals surface area contributed by atoms with E-state index in [1.54, 1.807) is 23.2 Å². The van der Waals surface area contributed by atoms with E-state index in [-0.39, 0.29) is 17.9 Å². The number of thiophene rings is 1. The van der Waals surface area contributed by atoms with Crippen LogP contribution in [0.3, 0.4) is 0 Å². The van der Waals surface area contributed by atoms with Crippen LogP contribution in [0.25, 0.3) is 20.7 Å². The minimum atomic E-state index is -0.531. The standard InChI is InChI=1S/C30H32FN3O4S/c1-30(2,3)38-29(35)34-15-5-4-6-21(34)18-36-22-10-7-19(8-11-22)27-17-24-28(39-27)26(13-14-33-24)37-25-12-9-20(32)16-23(25)31/h7-14,16-17,21H,4-6,15,18,32H2,1-3H3. The van der Waals surface area contributed by atoms with Crippen molar-refractivity contribution in [2.24, 2.45) is 0 Å². The van der Waals surface area contributed by atoms with Crippen LogP contribution in [0.2, 0.25) is 0 Å². The molecule has 9 heteroatoms. The normalized spacial score (nSPS) is 15.8. The third kappa shape index (κ3) is 6.42. The SMILES string of the molecule is CC(C)(C)OC(=O)N1CCCCC1COc1ccc(-c2cc3nccc(Oc4ccc(N)cc4F)c3s2)cc1. The topological polar surface area (TPSA) is 86.9 Å². The van der Waals surface area contributed by atoms with Gasteiger partial charge in [0.1, 0.15) is 23.7 Å². The first-order chi connectivity index (χ1) is 18.7. The number of hydrogen-bond acceptors (Lipinski definition) is 7. The molecule has 2 N–H and O–H groups in total. The molecule has 5 rings (SSSR count). The number of anilines is 1. The summed E-state index contributed by atoms with van der Waals surface area (Å²) in [4.78, 5) is 19.9. The molecule has 1 atom stereocenters. The average molecular weight is 550 g/mol. The number of nitrogens with two attached hydrogens (primary N) is 1. The van der Waals surface area contributed by atoms with Crippen molar-refractivity contribution in [2.75, 3.05) is 18.9 Å². The lowest BCUT2D eigenvalue weighted by atomic mass is 10.0. The highest BCUT2D eigenvalue weighted by molar-refractivity contribution is 7.22. The van der Waals surface area contributed by atoms with Gasteiger partial charge in [0.15, 0.2) is 11.6 Å². The molecule has 0 bridgehead atoms. The number of aromatic nitrogens is 1. The van der Waals surface area contributed by atoms with E-state index in [4.69, 9.17) is 19.9 Å². The molecule has 1 unspecified atom stereocenters. The maximum absolute atomic E-state index is 14.3. The zero-order chi connectivity index (χ0) is 27.6. The van der Waals surface area contributed by atoms with E-state index in [0.29, 0.717) is 24.6 Å². The van der Waals surface area contributed by atoms with E-state index in [0.717, 1.165) is 45.7 Å². The summed E-state index contributed by atoms with van der Waals surface area (Å²) < 4.78 is 32.7. The number of likely N-dealkylation sites (tertiary alicyclic amines) is 1. The second-order valence-electron chi connectivity index (χ2n) is 10.6. The molecule has 0 radical (unpaired) electrons. The Kier molecular flexibility index (Phi) is 7.61. The maximum atomic E-state index is 14.3. The first-order valence-corrected chi connectivity index (χ1v) is 13.8. The second kappa shape index (κ2) is 11.1. The van der Waals surface area contributed by atoms with Crippen LogP contribution in [0.4, 0.5) is 14.9 Å². The van der Waals surface area contributed by atoms with Crippen molar-refractivity contribution >= 4 is 33.3 Å². The van der Waals surface area contributed by atoms with Gasteiger partial charge in [0.25, 0.3) is 0 Å². The first-order valence-electron chi connectivity index (χ1n) is 13.0. The molecule has 4 aromatic rings. The van der Waals surface area contributed by atoms with Crippen molar-refractivity contribution in [3.8, 4) is 27.7 Å². The van der Waals surface area contributed by atoms with Crippen molar-refractivity contribution < 1.29 is 23.4 Å². The number of ether oxygens (including phenoxy) is 3. The lowest BCUT2D eigenvalue weighted by Gasteiger charge is -2.36. The number of rotatable bonds is 6. The first kappa shape index (κ1) is 26.7. The molecule has 1 aliphatic heterocycles. The molecule has 3 heterocycles. The summed E-state index contributed by atoms with van der Waals surface area (Å²) >= 11 is 1.52. The minimum Gasteiger partial charge on any atom is -0.491 e. The molecule has 2 aromatic heterocycles. The Morgan fingerprint density at radius 1 is 1.10 bits per heavy atom. The predicted molar refractivity (Wildman–Crippen MR) is 152 cm³/mol. The van der Waals surface area contributed by atoms with Crippen molar-refractivity contribution in [1.29, 1.82) is 0 Å². The van der Waals surface area contributed by atoms with Gasteiger partial charge in [-0.15, -0.1) is 11.3 Å². The van der Waals surface area contributed by atoms with E-state index in [1.807, 2.05) is 51.1 Å². The van der Waals surface area contributed by atoms with Crippen LogP contribution in [0, 0.1) is 5.82 Å². The predicted octanol–water partition coefficient (Wildman–Crippen LogP) is 7.65. The molecule has 7 nitrogen and oxygen atoms in total. The third-order valence-corrected chi connectivity index (χ3v) is 7.58. The number of carbonyl (C=O) groups excluding carboxylic acids is 1. The Morgan fingerprint density at radius 2 is 1.90 bits per heavy atom. The Bertz CT molecular complexity index is 1470. The fourth-order valence-corrected chi connectivity index (χ4v) is 5.57. The van der Waals surface area contributed by atoms with Gasteiger partial charge in [-0.3, -0.25) is 4.98 Å². The highest BCUT2D eigenvalue weighted by Gasteiger charge is 2.31. The van der Waals surface area contributed by atoms with Gasteiger partial charge in [-0.05, 0) is 88.1 Å². The van der Waals surface area contributed by atoms with Crippen LogP contribution in [0.5, 0.6) is 17.2 Å². The molecule has 1 fully saturated rings. The van der Waals surface area contributed by atoms with Gasteiger partial charge >= 0.3 is 6.09 Å². The summed E-state index contributed by atoms with van der Waals surface area (Å²) in [6.07, 6.45) is 4.27. The second-order valence-corrected chi connectivity index (χ2v) is 11.6. The number of piperidine rings is 1. The van der Waals surface area contributed by atoms with E-state index >= 15 is 0 Å². The third-order valence-electron chi connectivity index (χ3n) is 6.39. The summed E-state index contributed by atoms with van der Waals surface area (Å²) in [6, 6.07) is 15.9. The molecule has 204 valence electrons. The van der Waals surface area contributed by atoms with Crippen molar-refractivity contribution in [1.82, 2.24) is 9.88 Å². The lowest BCUT2D eigenvalue weighted by Crippen LogP contribution is -2.48. The number of hydrogen-bond donors (Lipinski definition) is 1. The zero-order valence-electron chi connectivity index (χ0n) is 22.3. The number of benzene rings is 2. The number of pyridine rings is 1. The Hall–Kier alpha value is -3.85. The number of amides is 1. The monoisotopic (exact) mass is 549 g/mol. The number of halogens is 1. The van der Waals surface area contributed by atoms with Gasteiger partial charge in [0.2, 0.25) is 0 Å². The summed E-state index contributed by atoms with van der Waals surface area (Å²) in [7, 11) is 0. The molecule has 0 saturated carbocycles. The molecule has 0 aliphatic carbocycles. The highest BCUT2D eigenvalue weighted by atomic mass is 32.1. The highest BCUT2D eigenvalue weighted by Crippen LogP contribution is 2.40. The molecule has 39 heavy (non-hydrogen) atoms. The van der Waals surface area contributed by atoms with Gasteiger partial charge in [0, 0.05) is 35.4 Å². The number of nitrogens with zero attached hydrogens (tertiary/aromatic N) is 2. The largest absolute Gasteiger partial charge is 0.491 e. The molecule has 2 aromatic carbocycles. The molecular formula is C30H32FN3O4S. The lowest BCUT2D eigenvalue weighted by molar-refractivity contribution is 0.00361. The summed E-state index contributed by atoms with van der Waals surface area (Å²) in [5.74, 6) is 0.851. The number of nitrogen functional groups attached to an aromatic ring is 1. The summed E-state index contributed by atoms with van der Waals surface area (Å²) in [5.41, 5.74) is 7.23. The Labute approximate surface area is 231 Å². The van der Waals surface area contributed by atoms with Crippen LogP contribution in [0.1, 0.15) is 40.0 Å². The molecule has 1 aliphatic rings. The number of carbonyl (C=O) groups is 1. The Balaban J connectivity index is 1.27. The van der Waals surface area contributed by atoms with Crippen LogP contribution < -0.4 is 15.2 Å². The molecule has 0 spiro atoms. The minimum absolute atomic E-state index is 0.0220. The fourth-order valence-electron chi connectivity index (χ4n) is 4.50. The van der Waals surface area contributed by atoms with Crippen molar-refractivity contribution in [3.05, 3.63) is 66.6 Å². The van der Waals surface area contributed by atoms with E-state index in [9.17, 15) is 9.18 Å². The Morgan fingerprint density at radius 3 is 2.64 bits per heavy atom. The smallest absolute Gasteiger partial charge is 0.410 e.